The minimum absolute atomic E-state index is 0.0528. The molecule has 41 heavy (non-hydrogen) atoms. The fourth-order valence-corrected chi connectivity index (χ4v) is 4.36. The number of carboxylic acid groups (broad SMARTS) is 1. The number of carbonyl (C=O) groups is 3. The molecule has 0 aliphatic heterocycles. The average molecular weight is 583 g/mol. The van der Waals surface area contributed by atoms with Gasteiger partial charge in [0.2, 0.25) is 0 Å². The Balaban J connectivity index is 4.56. The smallest absolute Gasteiger partial charge is 0.362 e. The Bertz CT molecular complexity index is 742. The third-order valence-electron chi connectivity index (χ3n) is 6.87. The van der Waals surface area contributed by atoms with Crippen molar-refractivity contribution in [1.29, 1.82) is 0 Å². The first-order valence-electron chi connectivity index (χ1n) is 15.9. The summed E-state index contributed by atoms with van der Waals surface area (Å²) >= 11 is 0. The number of allylic oxidation sites excluding steroid dienone is 4. The molecule has 0 rings (SSSR count). The van der Waals surface area contributed by atoms with Gasteiger partial charge in [0.1, 0.15) is 6.61 Å². The second-order valence-corrected chi connectivity index (χ2v) is 11.7. The van der Waals surface area contributed by atoms with Crippen LogP contribution in [0.1, 0.15) is 117 Å². The molecule has 0 bridgehead atoms. The largest absolute Gasteiger partial charge is 0.477 e. The first-order valence-corrected chi connectivity index (χ1v) is 15.9. The number of nitrogens with zero attached hydrogens (tertiary/aromatic N) is 1. The number of unbranched alkanes of at least 4 members (excludes halogenated alkanes) is 9. The lowest BCUT2D eigenvalue weighted by atomic mass is 10.1. The number of carboxylic acids is 1. The van der Waals surface area contributed by atoms with Gasteiger partial charge in [0, 0.05) is 19.3 Å². The zero-order chi connectivity index (χ0) is 30.8. The number of ether oxygens (including phenoxy) is 3. The quantitative estimate of drug-likeness (QED) is 0.0481. The predicted molar refractivity (Wildman–Crippen MR) is 165 cm³/mol. The Morgan fingerprint density at radius 3 is 2.00 bits per heavy atom. The Labute approximate surface area is 250 Å². The molecule has 0 amide bonds. The summed E-state index contributed by atoms with van der Waals surface area (Å²) in [4.78, 5) is 36.4. The second kappa shape index (κ2) is 25.5. The van der Waals surface area contributed by atoms with Gasteiger partial charge in [-0.2, -0.15) is 0 Å². The maximum absolute atomic E-state index is 12.5. The minimum atomic E-state index is -0.882. The van der Waals surface area contributed by atoms with E-state index in [4.69, 9.17) is 14.2 Å². The monoisotopic (exact) mass is 582 g/mol. The van der Waals surface area contributed by atoms with Gasteiger partial charge in [-0.3, -0.25) is 9.59 Å². The molecule has 1 N–H and O–H groups in total. The number of aliphatic carboxylic acids is 1. The van der Waals surface area contributed by atoms with E-state index in [2.05, 4.69) is 38.2 Å². The van der Waals surface area contributed by atoms with Crippen molar-refractivity contribution in [3.8, 4) is 0 Å². The van der Waals surface area contributed by atoms with Crippen molar-refractivity contribution >= 4 is 17.9 Å². The van der Waals surface area contributed by atoms with Crippen LogP contribution in [0.25, 0.3) is 0 Å². The summed E-state index contributed by atoms with van der Waals surface area (Å²) in [5, 5.41) is 9.51. The van der Waals surface area contributed by atoms with Crippen molar-refractivity contribution in [2.75, 3.05) is 41.0 Å². The molecule has 0 aromatic rings. The highest BCUT2D eigenvalue weighted by atomic mass is 16.6. The molecule has 0 fully saturated rings. The van der Waals surface area contributed by atoms with Crippen LogP contribution in [0, 0.1) is 0 Å². The van der Waals surface area contributed by atoms with Crippen molar-refractivity contribution in [1.82, 2.24) is 0 Å². The van der Waals surface area contributed by atoms with Gasteiger partial charge in [0.25, 0.3) is 0 Å². The molecular weight excluding hydrogens is 522 g/mol. The Kier molecular flexibility index (Phi) is 24.2. The summed E-state index contributed by atoms with van der Waals surface area (Å²) in [5.74, 6) is -1.52. The molecule has 0 heterocycles. The molecular formula is C33H60NO7+. The highest BCUT2D eigenvalue weighted by Gasteiger charge is 2.31. The van der Waals surface area contributed by atoms with Gasteiger partial charge in [-0.25, -0.2) is 4.79 Å². The van der Waals surface area contributed by atoms with E-state index in [1.807, 2.05) is 21.1 Å². The van der Waals surface area contributed by atoms with Gasteiger partial charge in [-0.05, 0) is 38.5 Å². The van der Waals surface area contributed by atoms with E-state index in [1.165, 1.54) is 32.1 Å². The van der Waals surface area contributed by atoms with E-state index in [0.717, 1.165) is 51.4 Å². The average Bonchev–Trinajstić information content (AvgIpc) is 2.91. The second-order valence-electron chi connectivity index (χ2n) is 11.7. The van der Waals surface area contributed by atoms with E-state index >= 15 is 0 Å². The van der Waals surface area contributed by atoms with E-state index < -0.39 is 18.1 Å². The number of esters is 2. The van der Waals surface area contributed by atoms with Crippen molar-refractivity contribution in [3.05, 3.63) is 24.3 Å². The maximum atomic E-state index is 12.5. The molecule has 0 aliphatic carbocycles. The van der Waals surface area contributed by atoms with Gasteiger partial charge in [0.15, 0.2) is 12.1 Å². The molecule has 238 valence electrons. The number of rotatable bonds is 27. The van der Waals surface area contributed by atoms with Gasteiger partial charge in [-0.1, -0.05) is 83.1 Å². The van der Waals surface area contributed by atoms with Crippen molar-refractivity contribution < 1.29 is 38.2 Å². The Hall–Kier alpha value is -2.19. The number of carbonyl (C=O) groups excluding carboxylic acids is 2. The number of quaternary nitrogens is 1. The Morgan fingerprint density at radius 1 is 0.756 bits per heavy atom. The lowest BCUT2D eigenvalue weighted by molar-refractivity contribution is -0.887. The maximum Gasteiger partial charge on any atom is 0.362 e. The zero-order valence-corrected chi connectivity index (χ0v) is 26.7. The first-order chi connectivity index (χ1) is 19.6. The van der Waals surface area contributed by atoms with Crippen LogP contribution in [0.3, 0.4) is 0 Å². The third kappa shape index (κ3) is 24.1. The van der Waals surface area contributed by atoms with Crippen LogP contribution in [-0.4, -0.2) is 80.6 Å². The van der Waals surface area contributed by atoms with Gasteiger partial charge >= 0.3 is 17.9 Å². The fraction of sp³-hybridized carbons (Fsp3) is 0.788. The summed E-state index contributed by atoms with van der Waals surface area (Å²) in [6.07, 6.45) is 22.4. The Morgan fingerprint density at radius 2 is 1.37 bits per heavy atom. The predicted octanol–water partition coefficient (Wildman–Crippen LogP) is 7.01. The number of likely N-dealkylation sites (N-methyl/N-ethyl adjacent to an activating group) is 1. The molecule has 0 aromatic heterocycles. The molecule has 8 nitrogen and oxygen atoms in total. The van der Waals surface area contributed by atoms with E-state index in [1.54, 1.807) is 0 Å². The molecule has 0 aromatic carbocycles. The standard InChI is InChI=1S/C33H59NO7/c1-6-8-10-12-14-16-18-19-21-23-31(35)40-28-29(27-39-26-25-30(33(37)38)34(3,4)5)41-32(36)24-22-20-17-15-13-11-9-7-2/h8,10,14,16,29-30H,6-7,9,11-13,15,17-28H2,1-5H3/p+1/b10-8+,16-14+. The lowest BCUT2D eigenvalue weighted by Crippen LogP contribution is -2.50. The van der Waals surface area contributed by atoms with Crippen LogP contribution in [0.15, 0.2) is 24.3 Å². The minimum Gasteiger partial charge on any atom is -0.477 e. The fourth-order valence-electron chi connectivity index (χ4n) is 4.36. The van der Waals surface area contributed by atoms with Gasteiger partial charge < -0.3 is 23.8 Å². The molecule has 0 radical (unpaired) electrons. The summed E-state index contributed by atoms with van der Waals surface area (Å²) in [5.41, 5.74) is 0. The SMILES string of the molecule is CC/C=C/C/C=C/CCCCC(=O)OCC(COCCC(C(=O)O)[N+](C)(C)C)OC(=O)CCCCCCCCCC. The topological polar surface area (TPSA) is 99.1 Å². The summed E-state index contributed by atoms with van der Waals surface area (Å²) in [6, 6.07) is -0.613. The molecule has 0 saturated carbocycles. The third-order valence-corrected chi connectivity index (χ3v) is 6.87. The molecule has 0 aliphatic rings. The molecule has 0 saturated heterocycles. The lowest BCUT2D eigenvalue weighted by Gasteiger charge is -2.31. The highest BCUT2D eigenvalue weighted by molar-refractivity contribution is 5.72. The van der Waals surface area contributed by atoms with Crippen molar-refractivity contribution in [2.24, 2.45) is 0 Å². The van der Waals surface area contributed by atoms with Crippen LogP contribution in [0.2, 0.25) is 0 Å². The van der Waals surface area contributed by atoms with Crippen molar-refractivity contribution in [3.63, 3.8) is 0 Å². The van der Waals surface area contributed by atoms with Crippen LogP contribution in [0.5, 0.6) is 0 Å². The first kappa shape index (κ1) is 38.8. The van der Waals surface area contributed by atoms with E-state index in [-0.39, 0.29) is 36.2 Å². The normalized spacial score (nSPS) is 13.5. The summed E-state index contributed by atoms with van der Waals surface area (Å²) in [6.45, 7) is 4.51. The van der Waals surface area contributed by atoms with Crippen LogP contribution in [-0.2, 0) is 28.6 Å². The highest BCUT2D eigenvalue weighted by Crippen LogP contribution is 2.12. The zero-order valence-electron chi connectivity index (χ0n) is 26.7. The summed E-state index contributed by atoms with van der Waals surface area (Å²) < 4.78 is 17.0. The van der Waals surface area contributed by atoms with E-state index in [9.17, 15) is 19.5 Å². The number of hydrogen-bond acceptors (Lipinski definition) is 6. The van der Waals surface area contributed by atoms with Gasteiger partial charge in [0.05, 0.1) is 34.4 Å². The van der Waals surface area contributed by atoms with Gasteiger partial charge in [-0.15, -0.1) is 0 Å². The van der Waals surface area contributed by atoms with Crippen LogP contribution < -0.4 is 0 Å². The van der Waals surface area contributed by atoms with E-state index in [0.29, 0.717) is 19.3 Å². The van der Waals surface area contributed by atoms with Crippen molar-refractivity contribution in [2.45, 2.75) is 129 Å². The van der Waals surface area contributed by atoms with Crippen LogP contribution >= 0.6 is 0 Å². The number of hydrogen-bond donors (Lipinski definition) is 1. The summed E-state index contributed by atoms with van der Waals surface area (Å²) in [7, 11) is 5.49. The molecule has 8 heteroatoms. The van der Waals surface area contributed by atoms with Crippen LogP contribution in [0.4, 0.5) is 0 Å². The molecule has 2 unspecified atom stereocenters. The molecule has 2 atom stereocenters. The molecule has 0 spiro atoms.